The minimum atomic E-state index is 0.285. The molecule has 0 aliphatic carbocycles. The van der Waals surface area contributed by atoms with Gasteiger partial charge in [-0.15, -0.1) is 0 Å². The second-order valence-electron chi connectivity index (χ2n) is 6.53. The molecule has 0 radical (unpaired) electrons. The van der Waals surface area contributed by atoms with Crippen LogP contribution >= 0.6 is 11.6 Å². The van der Waals surface area contributed by atoms with Gasteiger partial charge in [-0.1, -0.05) is 23.7 Å². The zero-order valence-electron chi connectivity index (χ0n) is 14.1. The van der Waals surface area contributed by atoms with E-state index in [9.17, 15) is 4.79 Å². The normalized spacial score (nSPS) is 17.9. The molecule has 2 aromatic rings. The molecule has 0 N–H and O–H groups in total. The van der Waals surface area contributed by atoms with Crippen LogP contribution in [0.2, 0.25) is 5.02 Å². The molecule has 0 saturated carbocycles. The number of carbonyl (C=O) groups is 1. The van der Waals surface area contributed by atoms with Gasteiger partial charge in [-0.25, -0.2) is 0 Å². The molecule has 3 rings (SSSR count). The number of rotatable bonds is 5. The van der Waals surface area contributed by atoms with Crippen LogP contribution < -0.4 is 0 Å². The average molecular weight is 346 g/mol. The smallest absolute Gasteiger partial charge is 0.222 e. The fraction of sp³-hybridized carbons (Fsp3) is 0.474. The molecule has 4 nitrogen and oxygen atoms in total. The number of aromatic nitrogens is 2. The summed E-state index contributed by atoms with van der Waals surface area (Å²) < 4.78 is 1.91. The Morgan fingerprint density at radius 2 is 2.04 bits per heavy atom. The monoisotopic (exact) mass is 345 g/mol. The quantitative estimate of drug-likeness (QED) is 0.806. The number of hydrogen-bond donors (Lipinski definition) is 0. The predicted molar refractivity (Wildman–Crippen MR) is 96.9 cm³/mol. The number of halogens is 1. The number of nitrogens with zero attached hydrogens (tertiary/aromatic N) is 3. The second kappa shape index (κ2) is 7.84. The van der Waals surface area contributed by atoms with Crippen LogP contribution in [0.3, 0.4) is 0 Å². The summed E-state index contributed by atoms with van der Waals surface area (Å²) >= 11 is 5.92. The van der Waals surface area contributed by atoms with E-state index in [-0.39, 0.29) is 5.91 Å². The first-order chi connectivity index (χ1) is 11.6. The Balaban J connectivity index is 1.50. The highest BCUT2D eigenvalue weighted by Crippen LogP contribution is 2.21. The Bertz CT molecular complexity index is 680. The summed E-state index contributed by atoms with van der Waals surface area (Å²) in [5.41, 5.74) is 2.17. The first-order valence-corrected chi connectivity index (χ1v) is 9.09. The van der Waals surface area contributed by atoms with Gasteiger partial charge >= 0.3 is 0 Å². The summed E-state index contributed by atoms with van der Waals surface area (Å²) in [6, 6.07) is 8.14. The summed E-state index contributed by atoms with van der Waals surface area (Å²) in [5, 5.41) is 5.13. The van der Waals surface area contributed by atoms with Crippen LogP contribution in [0.15, 0.2) is 36.7 Å². The third kappa shape index (κ3) is 4.18. The van der Waals surface area contributed by atoms with Crippen molar-refractivity contribution in [1.29, 1.82) is 0 Å². The van der Waals surface area contributed by atoms with Gasteiger partial charge in [0.25, 0.3) is 0 Å². The van der Waals surface area contributed by atoms with Gasteiger partial charge in [0, 0.05) is 42.3 Å². The first kappa shape index (κ1) is 17.0. The minimum absolute atomic E-state index is 0.285. The van der Waals surface area contributed by atoms with E-state index in [1.165, 1.54) is 6.42 Å². The maximum Gasteiger partial charge on any atom is 0.222 e. The number of amides is 1. The Labute approximate surface area is 148 Å². The molecule has 2 heterocycles. The fourth-order valence-electron chi connectivity index (χ4n) is 3.28. The lowest BCUT2D eigenvalue weighted by atomic mass is 10.0. The van der Waals surface area contributed by atoms with Crippen molar-refractivity contribution < 1.29 is 4.79 Å². The second-order valence-corrected chi connectivity index (χ2v) is 6.97. The molecule has 5 heteroatoms. The molecule has 1 aromatic carbocycles. The molecule has 1 aromatic heterocycles. The number of piperidine rings is 1. The molecule has 0 spiro atoms. The van der Waals surface area contributed by atoms with Crippen molar-refractivity contribution in [2.45, 2.75) is 51.6 Å². The number of likely N-dealkylation sites (tertiary alicyclic amines) is 1. The molecule has 1 amide bonds. The van der Waals surface area contributed by atoms with Gasteiger partial charge in [0.15, 0.2) is 0 Å². The van der Waals surface area contributed by atoms with E-state index in [4.69, 9.17) is 11.6 Å². The summed E-state index contributed by atoms with van der Waals surface area (Å²) in [4.78, 5) is 14.4. The van der Waals surface area contributed by atoms with Gasteiger partial charge < -0.3 is 4.90 Å². The van der Waals surface area contributed by atoms with Crippen LogP contribution in [-0.4, -0.2) is 33.2 Å². The number of aryl methyl sites for hydroxylation is 1. The van der Waals surface area contributed by atoms with Crippen LogP contribution in [0.4, 0.5) is 0 Å². The molecule has 1 atom stereocenters. The third-order valence-corrected chi connectivity index (χ3v) is 4.96. The zero-order valence-corrected chi connectivity index (χ0v) is 14.9. The Kier molecular flexibility index (Phi) is 5.56. The van der Waals surface area contributed by atoms with E-state index in [2.05, 4.69) is 12.0 Å². The van der Waals surface area contributed by atoms with E-state index in [1.54, 1.807) is 0 Å². The minimum Gasteiger partial charge on any atom is -0.340 e. The third-order valence-electron chi connectivity index (χ3n) is 4.71. The molecular formula is C19H24ClN3O. The molecule has 1 fully saturated rings. The van der Waals surface area contributed by atoms with E-state index in [1.807, 2.05) is 46.2 Å². The van der Waals surface area contributed by atoms with Gasteiger partial charge in [-0.05, 0) is 50.3 Å². The van der Waals surface area contributed by atoms with Crippen molar-refractivity contribution in [3.8, 4) is 11.1 Å². The maximum atomic E-state index is 12.3. The summed E-state index contributed by atoms with van der Waals surface area (Å²) in [6.07, 6.45) is 8.82. The van der Waals surface area contributed by atoms with Crippen molar-refractivity contribution in [2.24, 2.45) is 0 Å². The molecule has 1 unspecified atom stereocenters. The zero-order chi connectivity index (χ0) is 16.9. The Morgan fingerprint density at radius 1 is 1.25 bits per heavy atom. The van der Waals surface area contributed by atoms with Gasteiger partial charge in [-0.3, -0.25) is 9.48 Å². The maximum absolute atomic E-state index is 12.3. The van der Waals surface area contributed by atoms with E-state index in [0.717, 1.165) is 48.5 Å². The summed E-state index contributed by atoms with van der Waals surface area (Å²) in [7, 11) is 0. The fourth-order valence-corrected chi connectivity index (χ4v) is 3.41. The van der Waals surface area contributed by atoms with Crippen molar-refractivity contribution in [1.82, 2.24) is 14.7 Å². The highest BCUT2D eigenvalue weighted by atomic mass is 35.5. The summed E-state index contributed by atoms with van der Waals surface area (Å²) in [5.74, 6) is 0.285. The predicted octanol–water partition coefficient (Wildman–Crippen LogP) is 4.38. The van der Waals surface area contributed by atoms with E-state index >= 15 is 0 Å². The van der Waals surface area contributed by atoms with Gasteiger partial charge in [-0.2, -0.15) is 5.10 Å². The van der Waals surface area contributed by atoms with Gasteiger partial charge in [0.1, 0.15) is 0 Å². The lowest BCUT2D eigenvalue weighted by Crippen LogP contribution is -2.41. The van der Waals surface area contributed by atoms with Crippen molar-refractivity contribution in [3.05, 3.63) is 41.7 Å². The topological polar surface area (TPSA) is 38.1 Å². The number of benzene rings is 1. The molecular weight excluding hydrogens is 322 g/mol. The molecule has 0 bridgehead atoms. The van der Waals surface area contributed by atoms with Crippen molar-refractivity contribution in [2.75, 3.05) is 6.54 Å². The van der Waals surface area contributed by atoms with Crippen LogP contribution in [0, 0.1) is 0 Å². The van der Waals surface area contributed by atoms with Gasteiger partial charge in [0.2, 0.25) is 5.91 Å². The lowest BCUT2D eigenvalue weighted by molar-refractivity contribution is -0.134. The molecule has 128 valence electrons. The Hall–Kier alpha value is -1.81. The standard InChI is InChI=1S/C19H24ClN3O/c1-15-5-2-3-12-23(15)19(24)6-4-11-22-14-17(13-21-22)16-7-9-18(20)10-8-16/h7-10,13-15H,2-6,11-12H2,1H3. The largest absolute Gasteiger partial charge is 0.340 e. The highest BCUT2D eigenvalue weighted by molar-refractivity contribution is 6.30. The highest BCUT2D eigenvalue weighted by Gasteiger charge is 2.22. The molecule has 24 heavy (non-hydrogen) atoms. The number of carbonyl (C=O) groups excluding carboxylic acids is 1. The number of hydrogen-bond acceptors (Lipinski definition) is 2. The summed E-state index contributed by atoms with van der Waals surface area (Å²) in [6.45, 7) is 3.84. The Morgan fingerprint density at radius 3 is 2.79 bits per heavy atom. The van der Waals surface area contributed by atoms with Crippen LogP contribution in [0.1, 0.15) is 39.0 Å². The first-order valence-electron chi connectivity index (χ1n) is 8.71. The molecule has 1 saturated heterocycles. The molecule has 1 aliphatic rings. The lowest BCUT2D eigenvalue weighted by Gasteiger charge is -2.33. The van der Waals surface area contributed by atoms with Crippen molar-refractivity contribution in [3.63, 3.8) is 0 Å². The van der Waals surface area contributed by atoms with Crippen molar-refractivity contribution >= 4 is 17.5 Å². The van der Waals surface area contributed by atoms with E-state index in [0.29, 0.717) is 12.5 Å². The SMILES string of the molecule is CC1CCCCN1C(=O)CCCn1cc(-c2ccc(Cl)cc2)cn1. The average Bonchev–Trinajstić information content (AvgIpc) is 3.04. The van der Waals surface area contributed by atoms with E-state index < -0.39 is 0 Å². The molecule has 1 aliphatic heterocycles. The van der Waals surface area contributed by atoms with Crippen LogP contribution in [-0.2, 0) is 11.3 Å². The van der Waals surface area contributed by atoms with Crippen LogP contribution in [0.5, 0.6) is 0 Å². The van der Waals surface area contributed by atoms with Gasteiger partial charge in [0.05, 0.1) is 6.20 Å². The van der Waals surface area contributed by atoms with Crippen LogP contribution in [0.25, 0.3) is 11.1 Å².